The molecule has 5 nitrogen and oxygen atoms in total. The fourth-order valence-corrected chi connectivity index (χ4v) is 4.34. The average molecular weight is 286 g/mol. The molecular weight excluding hydrogens is 264 g/mol. The quantitative estimate of drug-likeness (QED) is 0.766. The monoisotopic (exact) mass is 286 g/mol. The zero-order valence-corrected chi connectivity index (χ0v) is 12.3. The second-order valence-electron chi connectivity index (χ2n) is 6.42. The van der Waals surface area contributed by atoms with Gasteiger partial charge in [0.25, 0.3) is 0 Å². The predicted molar refractivity (Wildman–Crippen MR) is 72.0 cm³/mol. The van der Waals surface area contributed by atoms with Crippen LogP contribution >= 0.6 is 0 Å². The molecule has 108 valence electrons. The molecular formula is C13H22N2O3S. The molecule has 0 aromatic heterocycles. The molecule has 2 heterocycles. The summed E-state index contributed by atoms with van der Waals surface area (Å²) in [6.07, 6.45) is 6.27. The first kappa shape index (κ1) is 13.4. The number of carbonyl (C=O) groups is 1. The largest absolute Gasteiger partial charge is 0.342 e. The van der Waals surface area contributed by atoms with E-state index in [9.17, 15) is 13.2 Å². The highest BCUT2D eigenvalue weighted by Gasteiger charge is 2.50. The topological polar surface area (TPSA) is 57.7 Å². The van der Waals surface area contributed by atoms with Crippen LogP contribution in [0.15, 0.2) is 0 Å². The van der Waals surface area contributed by atoms with E-state index in [2.05, 4.69) is 0 Å². The van der Waals surface area contributed by atoms with Gasteiger partial charge in [-0.05, 0) is 38.0 Å². The number of hydrogen-bond acceptors (Lipinski definition) is 3. The molecule has 1 aliphatic carbocycles. The molecule has 0 N–H and O–H groups in total. The van der Waals surface area contributed by atoms with Crippen molar-refractivity contribution in [3.8, 4) is 0 Å². The van der Waals surface area contributed by atoms with E-state index in [1.807, 2.05) is 4.90 Å². The third-order valence-corrected chi connectivity index (χ3v) is 6.04. The lowest BCUT2D eigenvalue weighted by molar-refractivity contribution is -0.145. The van der Waals surface area contributed by atoms with Gasteiger partial charge in [0.1, 0.15) is 0 Å². The number of hydrogen-bond donors (Lipinski definition) is 0. The Morgan fingerprint density at radius 2 is 2.00 bits per heavy atom. The number of likely N-dealkylation sites (tertiary alicyclic amines) is 1. The van der Waals surface area contributed by atoms with Gasteiger partial charge in [0.05, 0.1) is 11.7 Å². The fraction of sp³-hybridized carbons (Fsp3) is 0.923. The number of sulfonamides is 1. The second-order valence-corrected chi connectivity index (χ2v) is 8.41. The van der Waals surface area contributed by atoms with E-state index in [-0.39, 0.29) is 5.91 Å². The van der Waals surface area contributed by atoms with Crippen molar-refractivity contribution in [2.24, 2.45) is 11.3 Å². The van der Waals surface area contributed by atoms with Gasteiger partial charge in [-0.2, -0.15) is 0 Å². The molecule has 3 rings (SSSR count). The molecule has 0 aromatic rings. The first-order valence-corrected chi connectivity index (χ1v) is 9.00. The summed E-state index contributed by atoms with van der Waals surface area (Å²) in [6, 6.07) is 0. The van der Waals surface area contributed by atoms with Crippen LogP contribution < -0.4 is 0 Å². The Kier molecular flexibility index (Phi) is 3.13. The molecule has 2 saturated heterocycles. The van der Waals surface area contributed by atoms with Gasteiger partial charge in [0.15, 0.2) is 0 Å². The van der Waals surface area contributed by atoms with Gasteiger partial charge in [0, 0.05) is 26.2 Å². The Hall–Kier alpha value is -0.620. The van der Waals surface area contributed by atoms with Crippen LogP contribution in [0.5, 0.6) is 0 Å². The highest BCUT2D eigenvalue weighted by Crippen LogP contribution is 2.42. The highest BCUT2D eigenvalue weighted by atomic mass is 32.2. The number of piperidine rings is 1. The van der Waals surface area contributed by atoms with Gasteiger partial charge in [-0.3, -0.25) is 4.79 Å². The van der Waals surface area contributed by atoms with E-state index in [1.165, 1.54) is 23.4 Å². The molecule has 0 unspecified atom stereocenters. The number of amides is 1. The third kappa shape index (κ3) is 2.52. The number of nitrogens with zero attached hydrogens (tertiary/aromatic N) is 2. The minimum Gasteiger partial charge on any atom is -0.342 e. The molecule has 0 bridgehead atoms. The summed E-state index contributed by atoms with van der Waals surface area (Å²) in [5.74, 6) is 0.906. The molecule has 0 aromatic carbocycles. The molecule has 19 heavy (non-hydrogen) atoms. The van der Waals surface area contributed by atoms with Gasteiger partial charge in [-0.15, -0.1) is 0 Å². The molecule has 1 atom stereocenters. The van der Waals surface area contributed by atoms with E-state index in [1.54, 1.807) is 0 Å². The molecule has 2 aliphatic heterocycles. The maximum Gasteiger partial charge on any atom is 0.230 e. The minimum atomic E-state index is -3.17. The summed E-state index contributed by atoms with van der Waals surface area (Å²) in [7, 11) is -3.17. The van der Waals surface area contributed by atoms with Gasteiger partial charge < -0.3 is 4.90 Å². The third-order valence-electron chi connectivity index (χ3n) is 4.79. The summed E-state index contributed by atoms with van der Waals surface area (Å²) < 4.78 is 24.8. The molecule has 1 saturated carbocycles. The lowest BCUT2D eigenvalue weighted by Gasteiger charge is -2.39. The van der Waals surface area contributed by atoms with Gasteiger partial charge >= 0.3 is 0 Å². The Morgan fingerprint density at radius 3 is 2.58 bits per heavy atom. The van der Waals surface area contributed by atoms with Crippen LogP contribution in [0.4, 0.5) is 0 Å². The molecule has 3 aliphatic rings. The van der Waals surface area contributed by atoms with Crippen LogP contribution in [-0.2, 0) is 14.8 Å². The van der Waals surface area contributed by atoms with E-state index < -0.39 is 15.4 Å². The molecule has 3 fully saturated rings. The minimum absolute atomic E-state index is 0.205. The second kappa shape index (κ2) is 4.45. The van der Waals surface area contributed by atoms with Crippen molar-refractivity contribution in [2.75, 3.05) is 32.4 Å². The van der Waals surface area contributed by atoms with Crippen molar-refractivity contribution in [3.63, 3.8) is 0 Å². The molecule has 1 amide bonds. The Labute approximate surface area is 115 Å². The van der Waals surface area contributed by atoms with Crippen molar-refractivity contribution < 1.29 is 13.2 Å². The molecule has 0 radical (unpaired) electrons. The first-order valence-electron chi connectivity index (χ1n) is 7.15. The van der Waals surface area contributed by atoms with Crippen LogP contribution in [0.25, 0.3) is 0 Å². The van der Waals surface area contributed by atoms with Gasteiger partial charge in [0.2, 0.25) is 15.9 Å². The SMILES string of the molecule is CS(=O)(=O)N1CC[C@@]2(CCCN(CC3CC3)C2=O)C1. The van der Waals surface area contributed by atoms with Crippen LogP contribution in [0.2, 0.25) is 0 Å². The summed E-state index contributed by atoms with van der Waals surface area (Å²) in [4.78, 5) is 14.7. The van der Waals surface area contributed by atoms with Crippen molar-refractivity contribution in [3.05, 3.63) is 0 Å². The van der Waals surface area contributed by atoms with Crippen LogP contribution in [0.3, 0.4) is 0 Å². The van der Waals surface area contributed by atoms with Crippen LogP contribution in [0.1, 0.15) is 32.1 Å². The number of carbonyl (C=O) groups excluding carboxylic acids is 1. The maximum absolute atomic E-state index is 12.7. The van der Waals surface area contributed by atoms with E-state index >= 15 is 0 Å². The van der Waals surface area contributed by atoms with E-state index in [0.29, 0.717) is 25.4 Å². The fourth-order valence-electron chi connectivity index (χ4n) is 3.43. The average Bonchev–Trinajstić information content (AvgIpc) is 3.02. The van der Waals surface area contributed by atoms with Crippen molar-refractivity contribution in [1.82, 2.24) is 9.21 Å². The van der Waals surface area contributed by atoms with Crippen molar-refractivity contribution >= 4 is 15.9 Å². The van der Waals surface area contributed by atoms with E-state index in [0.717, 1.165) is 25.9 Å². The van der Waals surface area contributed by atoms with Gasteiger partial charge in [-0.1, -0.05) is 0 Å². The lowest BCUT2D eigenvalue weighted by atomic mass is 9.78. The summed E-state index contributed by atoms with van der Waals surface area (Å²) in [5, 5.41) is 0. The first-order chi connectivity index (χ1) is 8.91. The van der Waals surface area contributed by atoms with Crippen molar-refractivity contribution in [2.45, 2.75) is 32.1 Å². The van der Waals surface area contributed by atoms with Crippen molar-refractivity contribution in [1.29, 1.82) is 0 Å². The van der Waals surface area contributed by atoms with Gasteiger partial charge in [-0.25, -0.2) is 12.7 Å². The smallest absolute Gasteiger partial charge is 0.230 e. The Bertz CT molecular complexity index is 486. The Balaban J connectivity index is 1.74. The predicted octanol–water partition coefficient (Wildman–Crippen LogP) is 0.671. The van der Waals surface area contributed by atoms with Crippen LogP contribution in [-0.4, -0.2) is 56.0 Å². The molecule has 1 spiro atoms. The zero-order chi connectivity index (χ0) is 13.7. The summed E-state index contributed by atoms with van der Waals surface area (Å²) in [5.41, 5.74) is -0.420. The van der Waals surface area contributed by atoms with Crippen LogP contribution in [0, 0.1) is 11.3 Å². The maximum atomic E-state index is 12.7. The normalized spacial score (nSPS) is 33.3. The Morgan fingerprint density at radius 1 is 1.26 bits per heavy atom. The standard InChI is InChI=1S/C13H22N2O3S/c1-19(17,18)15-8-6-13(10-15)5-2-7-14(12(13)16)9-11-3-4-11/h11H,2-10H2,1H3/t13-/m0/s1. The summed E-state index contributed by atoms with van der Waals surface area (Å²) in [6.45, 7) is 2.64. The van der Waals surface area contributed by atoms with E-state index in [4.69, 9.17) is 0 Å². The zero-order valence-electron chi connectivity index (χ0n) is 11.5. The summed E-state index contributed by atoms with van der Waals surface area (Å²) >= 11 is 0. The molecule has 6 heteroatoms. The number of rotatable bonds is 3. The highest BCUT2D eigenvalue weighted by molar-refractivity contribution is 7.88. The lowest BCUT2D eigenvalue weighted by Crippen LogP contribution is -2.50.